The molecule has 1 aromatic carbocycles. The Morgan fingerprint density at radius 2 is 1.84 bits per heavy atom. The van der Waals surface area contributed by atoms with E-state index < -0.39 is 0 Å². The predicted octanol–water partition coefficient (Wildman–Crippen LogP) is 2.13. The summed E-state index contributed by atoms with van der Waals surface area (Å²) >= 11 is 0. The van der Waals surface area contributed by atoms with E-state index in [-0.39, 0.29) is 17.9 Å². The van der Waals surface area contributed by atoms with Crippen LogP contribution in [0, 0.1) is 17.8 Å². The lowest BCUT2D eigenvalue weighted by Crippen LogP contribution is -2.46. The zero-order valence-corrected chi connectivity index (χ0v) is 14.8. The van der Waals surface area contributed by atoms with Crippen LogP contribution in [0.1, 0.15) is 30.7 Å². The fraction of sp³-hybridized carbons (Fsp3) is 0.571. The molecule has 0 radical (unpaired) electrons. The summed E-state index contributed by atoms with van der Waals surface area (Å²) < 4.78 is 0. The summed E-state index contributed by atoms with van der Waals surface area (Å²) in [5.41, 5.74) is 7.69. The first-order chi connectivity index (χ1) is 12.2. The monoisotopic (exact) mass is 339 g/mol. The molecule has 4 rings (SSSR count). The molecule has 4 atom stereocenters. The fourth-order valence-electron chi connectivity index (χ4n) is 4.90. The van der Waals surface area contributed by atoms with Crippen LogP contribution < -0.4 is 11.1 Å². The minimum Gasteiger partial charge on any atom is -0.355 e. The minimum absolute atomic E-state index is 0.0108. The van der Waals surface area contributed by atoms with Crippen molar-refractivity contribution in [3.05, 3.63) is 48.0 Å². The molecular weight excluding hydrogens is 310 g/mol. The standard InChI is InChI=1S/C21H29N3O/c22-20-18-7-6-17(14-18)19(20)21(25)23-10-13-24-11-8-16(9-12-24)15-4-2-1-3-5-15/h1-7,16-20H,8-14,22H2,(H,23,25)/t17-,18+,19-,20+/m1/s1. The molecule has 2 aliphatic carbocycles. The third kappa shape index (κ3) is 3.51. The first-order valence-corrected chi connectivity index (χ1v) is 9.71. The molecule has 2 fully saturated rings. The number of rotatable bonds is 5. The van der Waals surface area contributed by atoms with Crippen molar-refractivity contribution in [1.29, 1.82) is 0 Å². The number of likely N-dealkylation sites (tertiary alicyclic amines) is 1. The van der Waals surface area contributed by atoms with E-state index >= 15 is 0 Å². The number of nitrogens with two attached hydrogens (primary N) is 1. The number of benzene rings is 1. The maximum Gasteiger partial charge on any atom is 0.225 e. The van der Waals surface area contributed by atoms with Crippen molar-refractivity contribution in [2.24, 2.45) is 23.5 Å². The van der Waals surface area contributed by atoms with Gasteiger partial charge in [0.15, 0.2) is 0 Å². The van der Waals surface area contributed by atoms with Crippen molar-refractivity contribution in [3.63, 3.8) is 0 Å². The van der Waals surface area contributed by atoms with Crippen molar-refractivity contribution in [1.82, 2.24) is 10.2 Å². The minimum atomic E-state index is -0.0150. The summed E-state index contributed by atoms with van der Waals surface area (Å²) in [6.07, 6.45) is 7.86. The Bertz CT molecular complexity index is 621. The molecule has 1 aromatic rings. The van der Waals surface area contributed by atoms with Gasteiger partial charge in [0.2, 0.25) is 5.91 Å². The maximum atomic E-state index is 12.5. The number of hydrogen-bond donors (Lipinski definition) is 2. The van der Waals surface area contributed by atoms with Gasteiger partial charge in [-0.2, -0.15) is 0 Å². The molecule has 134 valence electrons. The SMILES string of the molecule is N[C@@H]1[C@H](C(=O)NCCN2CCC(c3ccccc3)CC2)[C@@H]2C=C[C@H]1C2. The van der Waals surface area contributed by atoms with Crippen LogP contribution in [0.2, 0.25) is 0 Å². The van der Waals surface area contributed by atoms with Gasteiger partial charge in [0.1, 0.15) is 0 Å². The Kier molecular flexibility index (Phi) is 4.91. The Hall–Kier alpha value is -1.65. The number of piperidine rings is 1. The molecule has 4 nitrogen and oxygen atoms in total. The molecule has 1 saturated heterocycles. The Morgan fingerprint density at radius 3 is 2.52 bits per heavy atom. The van der Waals surface area contributed by atoms with Crippen molar-refractivity contribution in [2.45, 2.75) is 31.2 Å². The van der Waals surface area contributed by atoms with Crippen molar-refractivity contribution >= 4 is 5.91 Å². The lowest BCUT2D eigenvalue weighted by molar-refractivity contribution is -0.126. The van der Waals surface area contributed by atoms with Crippen LogP contribution in [0.15, 0.2) is 42.5 Å². The largest absolute Gasteiger partial charge is 0.355 e. The second-order valence-electron chi connectivity index (χ2n) is 7.87. The summed E-state index contributed by atoms with van der Waals surface area (Å²) in [5, 5.41) is 3.14. The number of amides is 1. The van der Waals surface area contributed by atoms with Gasteiger partial charge >= 0.3 is 0 Å². The lowest BCUT2D eigenvalue weighted by Gasteiger charge is -2.32. The van der Waals surface area contributed by atoms with E-state index in [4.69, 9.17) is 5.73 Å². The summed E-state index contributed by atoms with van der Waals surface area (Å²) in [7, 11) is 0. The van der Waals surface area contributed by atoms with Gasteiger partial charge in [-0.1, -0.05) is 42.5 Å². The number of fused-ring (bicyclic) bond motifs is 2. The van der Waals surface area contributed by atoms with Crippen LogP contribution in [0.4, 0.5) is 0 Å². The normalized spacial score (nSPS) is 32.2. The molecule has 25 heavy (non-hydrogen) atoms. The lowest BCUT2D eigenvalue weighted by atomic mass is 9.88. The van der Waals surface area contributed by atoms with Gasteiger partial charge in [-0.05, 0) is 55.7 Å². The van der Waals surface area contributed by atoms with Gasteiger partial charge in [0.05, 0.1) is 5.92 Å². The van der Waals surface area contributed by atoms with E-state index in [1.54, 1.807) is 0 Å². The Balaban J connectivity index is 1.19. The molecule has 0 unspecified atom stereocenters. The average molecular weight is 339 g/mol. The van der Waals surface area contributed by atoms with Crippen molar-refractivity contribution < 1.29 is 4.79 Å². The average Bonchev–Trinajstić information content (AvgIpc) is 3.24. The van der Waals surface area contributed by atoms with Crippen LogP contribution >= 0.6 is 0 Å². The van der Waals surface area contributed by atoms with Crippen molar-refractivity contribution in [2.75, 3.05) is 26.2 Å². The number of allylic oxidation sites excluding steroid dienone is 1. The van der Waals surface area contributed by atoms with Gasteiger partial charge in [0.25, 0.3) is 0 Å². The summed E-state index contributed by atoms with van der Waals surface area (Å²) in [5.74, 6) is 1.60. The highest BCUT2D eigenvalue weighted by molar-refractivity contribution is 5.80. The molecule has 1 aliphatic heterocycles. The Morgan fingerprint density at radius 1 is 1.12 bits per heavy atom. The number of nitrogens with one attached hydrogen (secondary N) is 1. The topological polar surface area (TPSA) is 58.4 Å². The van der Waals surface area contributed by atoms with Gasteiger partial charge in [-0.15, -0.1) is 0 Å². The number of carbonyl (C=O) groups excluding carboxylic acids is 1. The highest BCUT2D eigenvalue weighted by Gasteiger charge is 2.46. The molecule has 4 heteroatoms. The second-order valence-corrected chi connectivity index (χ2v) is 7.87. The van der Waals surface area contributed by atoms with Gasteiger partial charge in [-0.25, -0.2) is 0 Å². The molecule has 0 aromatic heterocycles. The molecule has 1 heterocycles. The summed E-state index contributed by atoms with van der Waals surface area (Å²) in [4.78, 5) is 15.0. The molecule has 3 aliphatic rings. The van der Waals surface area contributed by atoms with Crippen LogP contribution in [0.5, 0.6) is 0 Å². The first-order valence-electron chi connectivity index (χ1n) is 9.71. The Labute approximate surface area is 150 Å². The van der Waals surface area contributed by atoms with Crippen LogP contribution in [0.3, 0.4) is 0 Å². The zero-order valence-electron chi connectivity index (χ0n) is 14.8. The highest BCUT2D eigenvalue weighted by Crippen LogP contribution is 2.42. The van der Waals surface area contributed by atoms with E-state index in [9.17, 15) is 4.79 Å². The third-order valence-corrected chi connectivity index (χ3v) is 6.41. The zero-order chi connectivity index (χ0) is 17.2. The quantitative estimate of drug-likeness (QED) is 0.808. The fourth-order valence-corrected chi connectivity index (χ4v) is 4.90. The third-order valence-electron chi connectivity index (χ3n) is 6.41. The summed E-state index contributed by atoms with van der Waals surface area (Å²) in [6, 6.07) is 10.8. The van der Waals surface area contributed by atoms with Crippen molar-refractivity contribution in [3.8, 4) is 0 Å². The highest BCUT2D eigenvalue weighted by atomic mass is 16.1. The van der Waals surface area contributed by atoms with E-state index in [1.165, 1.54) is 18.4 Å². The molecule has 1 amide bonds. The van der Waals surface area contributed by atoms with E-state index in [0.717, 1.165) is 32.6 Å². The summed E-state index contributed by atoms with van der Waals surface area (Å²) in [6.45, 7) is 3.91. The van der Waals surface area contributed by atoms with E-state index in [1.807, 2.05) is 0 Å². The molecule has 3 N–H and O–H groups in total. The molecule has 2 bridgehead atoms. The van der Waals surface area contributed by atoms with Crippen LogP contribution in [-0.4, -0.2) is 43.0 Å². The van der Waals surface area contributed by atoms with Gasteiger partial charge in [-0.3, -0.25) is 4.79 Å². The van der Waals surface area contributed by atoms with E-state index in [0.29, 0.717) is 17.8 Å². The molecular formula is C21H29N3O. The molecule has 0 spiro atoms. The number of carbonyl (C=O) groups is 1. The smallest absolute Gasteiger partial charge is 0.225 e. The van der Waals surface area contributed by atoms with E-state index in [2.05, 4.69) is 52.7 Å². The van der Waals surface area contributed by atoms with Gasteiger partial charge < -0.3 is 16.0 Å². The maximum absolute atomic E-state index is 12.5. The number of hydrogen-bond acceptors (Lipinski definition) is 3. The van der Waals surface area contributed by atoms with Crippen LogP contribution in [-0.2, 0) is 4.79 Å². The van der Waals surface area contributed by atoms with Gasteiger partial charge in [0, 0.05) is 19.1 Å². The second kappa shape index (κ2) is 7.30. The number of nitrogens with zero attached hydrogens (tertiary/aromatic N) is 1. The first kappa shape index (κ1) is 16.8. The molecule has 1 saturated carbocycles. The van der Waals surface area contributed by atoms with Crippen LogP contribution in [0.25, 0.3) is 0 Å². The predicted molar refractivity (Wildman–Crippen MR) is 100 cm³/mol.